The van der Waals surface area contributed by atoms with Crippen LogP contribution < -0.4 is 5.73 Å². The van der Waals surface area contributed by atoms with Crippen molar-refractivity contribution in [2.75, 3.05) is 26.8 Å². The van der Waals surface area contributed by atoms with Crippen molar-refractivity contribution in [2.45, 2.75) is 45.7 Å². The van der Waals surface area contributed by atoms with Gasteiger partial charge in [-0.3, -0.25) is 4.90 Å². The van der Waals surface area contributed by atoms with Gasteiger partial charge in [0.1, 0.15) is 0 Å². The molecule has 1 atom stereocenters. The lowest BCUT2D eigenvalue weighted by molar-refractivity contribution is 0.0652. The maximum Gasteiger partial charge on any atom is 0.0589 e. The van der Waals surface area contributed by atoms with E-state index in [1.54, 1.807) is 7.11 Å². The van der Waals surface area contributed by atoms with Crippen LogP contribution >= 0.6 is 0 Å². The van der Waals surface area contributed by atoms with Crippen LogP contribution in [0.3, 0.4) is 0 Å². The summed E-state index contributed by atoms with van der Waals surface area (Å²) in [5, 5.41) is 0. The summed E-state index contributed by atoms with van der Waals surface area (Å²) in [5.74, 6) is 0. The van der Waals surface area contributed by atoms with Crippen LogP contribution in [0.4, 0.5) is 0 Å². The van der Waals surface area contributed by atoms with Gasteiger partial charge in [-0.25, -0.2) is 0 Å². The molecule has 1 aliphatic carbocycles. The van der Waals surface area contributed by atoms with E-state index in [0.717, 1.165) is 25.7 Å². The molecule has 90 valence electrons. The van der Waals surface area contributed by atoms with Gasteiger partial charge in [0.25, 0.3) is 0 Å². The molecule has 0 radical (unpaired) electrons. The Morgan fingerprint density at radius 1 is 1.40 bits per heavy atom. The average Bonchev–Trinajstić information content (AvgIpc) is 2.93. The molecule has 1 aliphatic rings. The molecule has 1 rings (SSSR count). The Morgan fingerprint density at radius 2 is 2.00 bits per heavy atom. The molecule has 3 heteroatoms. The number of nitrogens with two attached hydrogens (primary N) is 1. The summed E-state index contributed by atoms with van der Waals surface area (Å²) in [7, 11) is 1.76. The molecule has 2 N–H and O–H groups in total. The molecule has 1 unspecified atom stereocenters. The Kier molecular flexibility index (Phi) is 4.56. The van der Waals surface area contributed by atoms with E-state index in [4.69, 9.17) is 10.5 Å². The second-order valence-electron chi connectivity index (χ2n) is 5.58. The van der Waals surface area contributed by atoms with Crippen molar-refractivity contribution in [1.82, 2.24) is 4.90 Å². The molecular weight excluding hydrogens is 188 g/mol. The highest BCUT2D eigenvalue weighted by Gasteiger charge is 2.37. The molecule has 0 aromatic carbocycles. The van der Waals surface area contributed by atoms with Crippen molar-refractivity contribution < 1.29 is 4.74 Å². The van der Waals surface area contributed by atoms with Gasteiger partial charge in [0.2, 0.25) is 0 Å². The number of ether oxygens (including phenoxy) is 1. The van der Waals surface area contributed by atoms with E-state index in [1.807, 2.05) is 0 Å². The SMILES string of the molecule is COCCN(C1CC1)C(CN)C(C)(C)C. The first kappa shape index (κ1) is 12.9. The highest BCUT2D eigenvalue weighted by molar-refractivity contribution is 4.93. The fourth-order valence-corrected chi connectivity index (χ4v) is 2.18. The normalized spacial score (nSPS) is 19.6. The molecule has 1 saturated carbocycles. The molecule has 1 fully saturated rings. The van der Waals surface area contributed by atoms with E-state index in [1.165, 1.54) is 12.8 Å². The van der Waals surface area contributed by atoms with Crippen molar-refractivity contribution >= 4 is 0 Å². The Bertz CT molecular complexity index is 185. The molecule has 15 heavy (non-hydrogen) atoms. The fourth-order valence-electron chi connectivity index (χ4n) is 2.18. The van der Waals surface area contributed by atoms with Gasteiger partial charge in [-0.05, 0) is 18.3 Å². The second kappa shape index (κ2) is 5.28. The number of hydrogen-bond donors (Lipinski definition) is 1. The number of nitrogens with zero attached hydrogens (tertiary/aromatic N) is 1. The third-order valence-corrected chi connectivity index (χ3v) is 3.19. The smallest absolute Gasteiger partial charge is 0.0589 e. The van der Waals surface area contributed by atoms with E-state index in [2.05, 4.69) is 25.7 Å². The zero-order chi connectivity index (χ0) is 11.5. The predicted octanol–water partition coefficient (Wildman–Crippen LogP) is 1.47. The number of hydrogen-bond acceptors (Lipinski definition) is 3. The van der Waals surface area contributed by atoms with Gasteiger partial charge < -0.3 is 10.5 Å². The van der Waals surface area contributed by atoms with Gasteiger partial charge in [0.15, 0.2) is 0 Å². The number of methoxy groups -OCH3 is 1. The second-order valence-corrected chi connectivity index (χ2v) is 5.58. The largest absolute Gasteiger partial charge is 0.383 e. The fraction of sp³-hybridized carbons (Fsp3) is 1.00. The van der Waals surface area contributed by atoms with Gasteiger partial charge in [-0.15, -0.1) is 0 Å². The maximum atomic E-state index is 5.91. The molecule has 3 nitrogen and oxygen atoms in total. The lowest BCUT2D eigenvalue weighted by Crippen LogP contribution is -2.50. The van der Waals surface area contributed by atoms with Crippen LogP contribution in [0.1, 0.15) is 33.6 Å². The van der Waals surface area contributed by atoms with E-state index < -0.39 is 0 Å². The molecule has 0 bridgehead atoms. The molecule has 0 spiro atoms. The predicted molar refractivity (Wildman–Crippen MR) is 63.9 cm³/mol. The van der Waals surface area contributed by atoms with E-state index >= 15 is 0 Å². The monoisotopic (exact) mass is 214 g/mol. The molecule has 0 amide bonds. The highest BCUT2D eigenvalue weighted by Crippen LogP contribution is 2.33. The topological polar surface area (TPSA) is 38.5 Å². The third kappa shape index (κ3) is 3.74. The van der Waals surface area contributed by atoms with Crippen molar-refractivity contribution in [3.63, 3.8) is 0 Å². The maximum absolute atomic E-state index is 5.91. The van der Waals surface area contributed by atoms with Crippen LogP contribution in [-0.4, -0.2) is 43.8 Å². The summed E-state index contributed by atoms with van der Waals surface area (Å²) < 4.78 is 5.18. The molecule has 0 saturated heterocycles. The highest BCUT2D eigenvalue weighted by atomic mass is 16.5. The summed E-state index contributed by atoms with van der Waals surface area (Å²) in [6.45, 7) is 9.37. The molecule has 0 aliphatic heterocycles. The van der Waals surface area contributed by atoms with Crippen LogP contribution in [0.2, 0.25) is 0 Å². The summed E-state index contributed by atoms with van der Waals surface area (Å²) in [6.07, 6.45) is 2.66. The first-order chi connectivity index (χ1) is 7.00. The summed E-state index contributed by atoms with van der Waals surface area (Å²) in [5.41, 5.74) is 6.17. The van der Waals surface area contributed by atoms with E-state index in [-0.39, 0.29) is 5.41 Å². The van der Waals surface area contributed by atoms with Crippen LogP contribution in [0.5, 0.6) is 0 Å². The standard InChI is InChI=1S/C12H26N2O/c1-12(2,3)11(9-13)14(7-8-15-4)10-5-6-10/h10-11H,5-9,13H2,1-4H3. The van der Waals surface area contributed by atoms with Crippen molar-refractivity contribution in [2.24, 2.45) is 11.1 Å². The van der Waals surface area contributed by atoms with Crippen LogP contribution in [-0.2, 0) is 4.74 Å². The minimum absolute atomic E-state index is 0.255. The Morgan fingerprint density at radius 3 is 2.33 bits per heavy atom. The van der Waals surface area contributed by atoms with Gasteiger partial charge in [-0.1, -0.05) is 20.8 Å². The summed E-state index contributed by atoms with van der Waals surface area (Å²) >= 11 is 0. The minimum atomic E-state index is 0.255. The van der Waals surface area contributed by atoms with Gasteiger partial charge in [0.05, 0.1) is 6.61 Å². The van der Waals surface area contributed by atoms with Crippen molar-refractivity contribution in [3.05, 3.63) is 0 Å². The molecule has 0 heterocycles. The van der Waals surface area contributed by atoms with Crippen LogP contribution in [0, 0.1) is 5.41 Å². The molecule has 0 aromatic heterocycles. The zero-order valence-corrected chi connectivity index (χ0v) is 10.6. The first-order valence-electron chi connectivity index (χ1n) is 5.95. The lowest BCUT2D eigenvalue weighted by atomic mass is 9.85. The summed E-state index contributed by atoms with van der Waals surface area (Å²) in [4.78, 5) is 2.55. The van der Waals surface area contributed by atoms with Gasteiger partial charge in [-0.2, -0.15) is 0 Å². The van der Waals surface area contributed by atoms with Crippen LogP contribution in [0.25, 0.3) is 0 Å². The summed E-state index contributed by atoms with van der Waals surface area (Å²) in [6, 6.07) is 1.23. The molecule has 0 aromatic rings. The minimum Gasteiger partial charge on any atom is -0.383 e. The van der Waals surface area contributed by atoms with Gasteiger partial charge in [0, 0.05) is 32.3 Å². The zero-order valence-electron chi connectivity index (χ0n) is 10.6. The van der Waals surface area contributed by atoms with Gasteiger partial charge >= 0.3 is 0 Å². The third-order valence-electron chi connectivity index (χ3n) is 3.19. The van der Waals surface area contributed by atoms with Crippen LogP contribution in [0.15, 0.2) is 0 Å². The van der Waals surface area contributed by atoms with E-state index in [9.17, 15) is 0 Å². The first-order valence-corrected chi connectivity index (χ1v) is 5.95. The number of rotatable bonds is 6. The molecular formula is C12H26N2O. The quantitative estimate of drug-likeness (QED) is 0.727. The Labute approximate surface area is 94.0 Å². The van der Waals surface area contributed by atoms with E-state index in [0.29, 0.717) is 6.04 Å². The lowest BCUT2D eigenvalue weighted by Gasteiger charge is -2.39. The van der Waals surface area contributed by atoms with Crippen molar-refractivity contribution in [3.8, 4) is 0 Å². The Hall–Kier alpha value is -0.120. The van der Waals surface area contributed by atoms with Crippen molar-refractivity contribution in [1.29, 1.82) is 0 Å². The average molecular weight is 214 g/mol. The Balaban J connectivity index is 2.58.